The van der Waals surface area contributed by atoms with Gasteiger partial charge in [-0.3, -0.25) is 0 Å². The van der Waals surface area contributed by atoms with Crippen LogP contribution in [0.1, 0.15) is 24.2 Å². The van der Waals surface area contributed by atoms with Crippen molar-refractivity contribution in [2.24, 2.45) is 0 Å². The lowest BCUT2D eigenvalue weighted by Crippen LogP contribution is -2.13. The fraction of sp³-hybridized carbons (Fsp3) is 0.294. The van der Waals surface area contributed by atoms with Crippen molar-refractivity contribution < 1.29 is 9.84 Å². The molecule has 1 aliphatic rings. The molecule has 0 fully saturated rings. The second-order valence-corrected chi connectivity index (χ2v) is 6.45. The Bertz CT molecular complexity index is 570. The molecule has 2 atom stereocenters. The van der Waals surface area contributed by atoms with Crippen LogP contribution in [0.15, 0.2) is 53.4 Å². The molecule has 0 aromatic heterocycles. The van der Waals surface area contributed by atoms with E-state index in [9.17, 15) is 5.11 Å². The molecular weight excluding hydrogens is 268 g/mol. The highest BCUT2D eigenvalue weighted by Crippen LogP contribution is 2.36. The zero-order valence-corrected chi connectivity index (χ0v) is 12.3. The summed E-state index contributed by atoms with van der Waals surface area (Å²) in [6.07, 6.45) is 0.611. The van der Waals surface area contributed by atoms with E-state index in [4.69, 9.17) is 4.74 Å². The molecule has 2 aromatic carbocycles. The van der Waals surface area contributed by atoms with Crippen molar-refractivity contribution in [1.29, 1.82) is 0 Å². The van der Waals surface area contributed by atoms with E-state index in [0.717, 1.165) is 17.7 Å². The van der Waals surface area contributed by atoms with Crippen molar-refractivity contribution in [3.63, 3.8) is 0 Å². The third kappa shape index (κ3) is 3.00. The number of aliphatic hydroxyl groups excluding tert-OH is 1. The summed E-state index contributed by atoms with van der Waals surface area (Å²) >= 11 is 1.89. The first-order valence-corrected chi connectivity index (χ1v) is 7.76. The Hall–Kier alpha value is -1.45. The number of aliphatic hydroxyl groups is 1. The van der Waals surface area contributed by atoms with Crippen molar-refractivity contribution in [3.05, 3.63) is 59.7 Å². The van der Waals surface area contributed by atoms with E-state index in [1.165, 1.54) is 10.5 Å². The van der Waals surface area contributed by atoms with Gasteiger partial charge in [-0.2, -0.15) is 0 Å². The number of ether oxygens (including phenoxy) is 1. The molecule has 20 heavy (non-hydrogen) atoms. The summed E-state index contributed by atoms with van der Waals surface area (Å²) in [4.78, 5) is 1.37. The van der Waals surface area contributed by atoms with Crippen molar-refractivity contribution in [1.82, 2.24) is 0 Å². The van der Waals surface area contributed by atoms with Gasteiger partial charge in [0.1, 0.15) is 12.4 Å². The largest absolute Gasteiger partial charge is 0.492 e. The van der Waals surface area contributed by atoms with Crippen LogP contribution in [-0.2, 0) is 6.42 Å². The van der Waals surface area contributed by atoms with E-state index >= 15 is 0 Å². The maximum atomic E-state index is 9.59. The summed E-state index contributed by atoms with van der Waals surface area (Å²) in [6.45, 7) is 2.46. The Kier molecular flexibility index (Phi) is 3.99. The Balaban J connectivity index is 1.60. The molecule has 3 rings (SSSR count). The highest BCUT2D eigenvalue weighted by atomic mass is 32.2. The van der Waals surface area contributed by atoms with Gasteiger partial charge in [0.05, 0.1) is 6.10 Å². The lowest BCUT2D eigenvalue weighted by Gasteiger charge is -2.12. The number of hydrogen-bond donors (Lipinski definition) is 1. The fourth-order valence-corrected chi connectivity index (χ4v) is 3.62. The Morgan fingerprint density at radius 1 is 1.25 bits per heavy atom. The molecule has 0 bridgehead atoms. The van der Waals surface area contributed by atoms with Gasteiger partial charge in [0.15, 0.2) is 0 Å². The predicted molar refractivity (Wildman–Crippen MR) is 82.4 cm³/mol. The molecule has 3 heteroatoms. The van der Waals surface area contributed by atoms with Gasteiger partial charge in [0, 0.05) is 10.1 Å². The summed E-state index contributed by atoms with van der Waals surface area (Å²) in [5.74, 6) is 0.833. The van der Waals surface area contributed by atoms with E-state index in [-0.39, 0.29) is 0 Å². The summed E-state index contributed by atoms with van der Waals surface area (Å²) in [6, 6.07) is 16.2. The van der Waals surface area contributed by atoms with E-state index in [1.807, 2.05) is 36.0 Å². The number of thioether (sulfide) groups is 1. The zero-order chi connectivity index (χ0) is 13.9. The minimum Gasteiger partial charge on any atom is -0.492 e. The normalized spacial score (nSPS) is 18.6. The third-order valence-electron chi connectivity index (χ3n) is 3.49. The minimum atomic E-state index is -0.455. The van der Waals surface area contributed by atoms with Crippen LogP contribution in [-0.4, -0.2) is 17.0 Å². The number of fused-ring (bicyclic) bond motifs is 1. The number of rotatable bonds is 4. The molecule has 1 heterocycles. The topological polar surface area (TPSA) is 29.5 Å². The summed E-state index contributed by atoms with van der Waals surface area (Å²) < 4.78 is 5.88. The first kappa shape index (κ1) is 13.5. The number of benzene rings is 2. The van der Waals surface area contributed by atoms with Crippen LogP contribution in [0.4, 0.5) is 0 Å². The van der Waals surface area contributed by atoms with Crippen LogP contribution in [0, 0.1) is 0 Å². The van der Waals surface area contributed by atoms with Crippen molar-refractivity contribution in [3.8, 4) is 5.75 Å². The smallest absolute Gasteiger partial charge is 0.119 e. The number of hydrogen-bond acceptors (Lipinski definition) is 3. The lowest BCUT2D eigenvalue weighted by molar-refractivity contribution is 0.198. The van der Waals surface area contributed by atoms with E-state index < -0.39 is 6.10 Å². The van der Waals surface area contributed by atoms with Crippen LogP contribution in [0.25, 0.3) is 0 Å². The second kappa shape index (κ2) is 5.90. The van der Waals surface area contributed by atoms with Gasteiger partial charge >= 0.3 is 0 Å². The molecule has 0 saturated heterocycles. The molecule has 1 unspecified atom stereocenters. The van der Waals surface area contributed by atoms with E-state index in [2.05, 4.69) is 24.3 Å². The zero-order valence-electron chi connectivity index (χ0n) is 11.5. The molecule has 0 radical (unpaired) electrons. The van der Waals surface area contributed by atoms with Gasteiger partial charge in [0.2, 0.25) is 0 Å². The van der Waals surface area contributed by atoms with Crippen molar-refractivity contribution in [2.45, 2.75) is 29.6 Å². The maximum absolute atomic E-state index is 9.59. The van der Waals surface area contributed by atoms with Crippen molar-refractivity contribution in [2.75, 3.05) is 6.61 Å². The molecule has 0 saturated carbocycles. The molecule has 0 aliphatic carbocycles. The van der Waals surface area contributed by atoms with Gasteiger partial charge in [-0.05, 0) is 42.7 Å². The summed E-state index contributed by atoms with van der Waals surface area (Å²) in [7, 11) is 0. The van der Waals surface area contributed by atoms with Gasteiger partial charge in [-0.25, -0.2) is 0 Å². The molecule has 1 aliphatic heterocycles. The van der Waals surface area contributed by atoms with E-state index in [1.54, 1.807) is 6.92 Å². The highest BCUT2D eigenvalue weighted by molar-refractivity contribution is 8.00. The second-order valence-electron chi connectivity index (χ2n) is 5.11. The quantitative estimate of drug-likeness (QED) is 0.926. The Labute approximate surface area is 123 Å². The van der Waals surface area contributed by atoms with Gasteiger partial charge in [-0.15, -0.1) is 11.8 Å². The maximum Gasteiger partial charge on any atom is 0.119 e. The molecule has 1 N–H and O–H groups in total. The summed E-state index contributed by atoms with van der Waals surface area (Å²) in [5.41, 5.74) is 2.31. The van der Waals surface area contributed by atoms with Gasteiger partial charge in [0.25, 0.3) is 0 Å². The van der Waals surface area contributed by atoms with Crippen LogP contribution in [0.5, 0.6) is 5.75 Å². The Morgan fingerprint density at radius 3 is 2.90 bits per heavy atom. The highest BCUT2D eigenvalue weighted by Gasteiger charge is 2.22. The fourth-order valence-electron chi connectivity index (χ4n) is 2.40. The minimum absolute atomic E-state index is 0.455. The predicted octanol–water partition coefficient (Wildman–Crippen LogP) is 3.84. The average Bonchev–Trinajstić information content (AvgIpc) is 2.88. The molecule has 0 amide bonds. The van der Waals surface area contributed by atoms with Crippen molar-refractivity contribution >= 4 is 11.8 Å². The van der Waals surface area contributed by atoms with Gasteiger partial charge in [-0.1, -0.05) is 30.3 Å². The lowest BCUT2D eigenvalue weighted by atomic mass is 10.1. The SMILES string of the molecule is C[C@@H](O)c1cccc(OCC2Cc3ccccc3S2)c1. The van der Waals surface area contributed by atoms with Crippen LogP contribution >= 0.6 is 11.8 Å². The molecule has 104 valence electrons. The molecule has 2 aromatic rings. The van der Waals surface area contributed by atoms with E-state index in [0.29, 0.717) is 11.9 Å². The Morgan fingerprint density at radius 2 is 2.10 bits per heavy atom. The standard InChI is InChI=1S/C17H18O2S/c1-12(18)13-6-4-7-15(9-13)19-11-16-10-14-5-2-3-8-17(14)20-16/h2-9,12,16,18H,10-11H2,1H3/t12-,16?/m1/s1. The van der Waals surface area contributed by atoms with Crippen LogP contribution in [0.3, 0.4) is 0 Å². The molecular formula is C17H18O2S. The summed E-state index contributed by atoms with van der Waals surface area (Å²) in [5, 5.41) is 10.1. The van der Waals surface area contributed by atoms with Crippen LogP contribution < -0.4 is 4.74 Å². The van der Waals surface area contributed by atoms with Gasteiger partial charge < -0.3 is 9.84 Å². The molecule has 0 spiro atoms. The average molecular weight is 286 g/mol. The first-order valence-electron chi connectivity index (χ1n) is 6.88. The third-order valence-corrected chi connectivity index (χ3v) is 4.78. The van der Waals surface area contributed by atoms with Crippen LogP contribution in [0.2, 0.25) is 0 Å². The first-order chi connectivity index (χ1) is 9.72. The monoisotopic (exact) mass is 286 g/mol. The molecule has 2 nitrogen and oxygen atoms in total.